The van der Waals surface area contributed by atoms with Crippen molar-refractivity contribution in [3.8, 4) is 22.1 Å². The molecule has 164 valence electrons. The molecular weight excluding hydrogens is 430 g/mol. The average molecular weight is 458 g/mol. The van der Waals surface area contributed by atoms with Gasteiger partial charge < -0.3 is 9.64 Å². The van der Waals surface area contributed by atoms with Gasteiger partial charge in [0.05, 0.1) is 24.3 Å². The molecule has 0 atom stereocenters. The molecule has 9 heteroatoms. The van der Waals surface area contributed by atoms with E-state index >= 15 is 0 Å². The number of methoxy groups -OCH3 is 1. The number of para-hydroxylation sites is 2. The van der Waals surface area contributed by atoms with Gasteiger partial charge in [0, 0.05) is 32.1 Å². The Morgan fingerprint density at radius 3 is 2.55 bits per heavy atom. The van der Waals surface area contributed by atoms with Gasteiger partial charge in [0.1, 0.15) is 5.75 Å². The van der Waals surface area contributed by atoms with E-state index in [1.165, 1.54) is 0 Å². The predicted octanol–water partition coefficient (Wildman–Crippen LogP) is 3.90. The summed E-state index contributed by atoms with van der Waals surface area (Å²) in [5, 5.41) is 6.93. The van der Waals surface area contributed by atoms with Crippen LogP contribution >= 0.6 is 23.6 Å². The van der Waals surface area contributed by atoms with Crippen molar-refractivity contribution in [3.05, 3.63) is 46.5 Å². The molecule has 0 saturated carbocycles. The topological polar surface area (TPSA) is 55.5 Å². The lowest BCUT2D eigenvalue weighted by atomic mass is 10.1. The van der Waals surface area contributed by atoms with Crippen molar-refractivity contribution in [1.29, 1.82) is 0 Å². The first-order chi connectivity index (χ1) is 15.0. The SMILES string of the molecule is COc1ccccc1-n1c(-c2cccs2)nn(CN2CCN(C(=O)C(C)C)CC2)c1=S. The van der Waals surface area contributed by atoms with Crippen LogP contribution in [0, 0.1) is 10.7 Å². The molecule has 1 aliphatic heterocycles. The molecule has 1 aromatic carbocycles. The number of ether oxygens (including phenoxy) is 1. The maximum atomic E-state index is 12.3. The second kappa shape index (κ2) is 9.33. The molecule has 31 heavy (non-hydrogen) atoms. The molecule has 4 rings (SSSR count). The Morgan fingerprint density at radius 2 is 1.90 bits per heavy atom. The van der Waals surface area contributed by atoms with Gasteiger partial charge in [-0.05, 0) is 35.8 Å². The summed E-state index contributed by atoms with van der Waals surface area (Å²) in [5.74, 6) is 1.80. The van der Waals surface area contributed by atoms with Gasteiger partial charge in [-0.1, -0.05) is 32.0 Å². The van der Waals surface area contributed by atoms with E-state index in [0.717, 1.165) is 48.3 Å². The molecule has 0 bridgehead atoms. The maximum Gasteiger partial charge on any atom is 0.225 e. The second-order valence-corrected chi connectivity index (χ2v) is 9.14. The van der Waals surface area contributed by atoms with Gasteiger partial charge in [-0.3, -0.25) is 14.3 Å². The summed E-state index contributed by atoms with van der Waals surface area (Å²) in [4.78, 5) is 17.6. The monoisotopic (exact) mass is 457 g/mol. The third-order valence-electron chi connectivity index (χ3n) is 5.42. The van der Waals surface area contributed by atoms with Crippen LogP contribution in [-0.4, -0.2) is 63.3 Å². The maximum absolute atomic E-state index is 12.3. The highest BCUT2D eigenvalue weighted by atomic mass is 32.1. The molecule has 1 amide bonds. The van der Waals surface area contributed by atoms with Crippen LogP contribution in [0.15, 0.2) is 41.8 Å². The Morgan fingerprint density at radius 1 is 1.16 bits per heavy atom. The van der Waals surface area contributed by atoms with Crippen molar-refractivity contribution < 1.29 is 9.53 Å². The van der Waals surface area contributed by atoms with Gasteiger partial charge in [-0.15, -0.1) is 16.4 Å². The van der Waals surface area contributed by atoms with Crippen LogP contribution in [0.4, 0.5) is 0 Å². The van der Waals surface area contributed by atoms with Crippen molar-refractivity contribution in [2.75, 3.05) is 33.3 Å². The third kappa shape index (κ3) is 4.44. The number of carbonyl (C=O) groups is 1. The van der Waals surface area contributed by atoms with E-state index in [9.17, 15) is 4.79 Å². The number of hydrogen-bond acceptors (Lipinski definition) is 6. The number of benzene rings is 1. The highest BCUT2D eigenvalue weighted by Crippen LogP contribution is 2.30. The number of piperazine rings is 1. The first kappa shape index (κ1) is 21.7. The summed E-state index contributed by atoms with van der Waals surface area (Å²) in [6, 6.07) is 11.9. The van der Waals surface area contributed by atoms with Gasteiger partial charge in [-0.2, -0.15) is 0 Å². The van der Waals surface area contributed by atoms with Crippen LogP contribution in [-0.2, 0) is 11.5 Å². The Hall–Kier alpha value is -2.49. The van der Waals surface area contributed by atoms with E-state index in [-0.39, 0.29) is 11.8 Å². The summed E-state index contributed by atoms with van der Waals surface area (Å²) >= 11 is 7.50. The number of rotatable bonds is 6. The van der Waals surface area contributed by atoms with Crippen molar-refractivity contribution in [3.63, 3.8) is 0 Å². The average Bonchev–Trinajstić information content (AvgIpc) is 3.42. The van der Waals surface area contributed by atoms with Crippen LogP contribution in [0.1, 0.15) is 13.8 Å². The molecule has 3 heterocycles. The second-order valence-electron chi connectivity index (χ2n) is 7.83. The zero-order valence-electron chi connectivity index (χ0n) is 18.0. The minimum atomic E-state index is 0.0325. The van der Waals surface area contributed by atoms with E-state index in [2.05, 4.69) is 4.90 Å². The molecular formula is C22H27N5O2S2. The minimum Gasteiger partial charge on any atom is -0.495 e. The fourth-order valence-electron chi connectivity index (χ4n) is 3.76. The summed E-state index contributed by atoms with van der Waals surface area (Å²) in [5.41, 5.74) is 0.872. The lowest BCUT2D eigenvalue weighted by molar-refractivity contribution is -0.136. The fourth-order valence-corrected chi connectivity index (χ4v) is 4.74. The first-order valence-electron chi connectivity index (χ1n) is 10.4. The largest absolute Gasteiger partial charge is 0.495 e. The van der Waals surface area contributed by atoms with E-state index in [1.54, 1.807) is 18.4 Å². The van der Waals surface area contributed by atoms with Crippen LogP contribution < -0.4 is 4.74 Å². The minimum absolute atomic E-state index is 0.0325. The van der Waals surface area contributed by atoms with Gasteiger partial charge in [0.15, 0.2) is 5.82 Å². The molecule has 0 spiro atoms. The van der Waals surface area contributed by atoms with Crippen molar-refractivity contribution in [2.24, 2.45) is 5.92 Å². The zero-order chi connectivity index (χ0) is 22.0. The molecule has 1 saturated heterocycles. The van der Waals surface area contributed by atoms with Crippen LogP contribution in [0.2, 0.25) is 0 Å². The van der Waals surface area contributed by atoms with Crippen LogP contribution in [0.3, 0.4) is 0 Å². The molecule has 0 radical (unpaired) electrons. The van der Waals surface area contributed by atoms with E-state index in [0.29, 0.717) is 11.4 Å². The van der Waals surface area contributed by atoms with Crippen molar-refractivity contribution in [2.45, 2.75) is 20.5 Å². The van der Waals surface area contributed by atoms with Crippen LogP contribution in [0.25, 0.3) is 16.4 Å². The molecule has 1 aliphatic rings. The standard InChI is InChI=1S/C22H27N5O2S2/c1-16(2)21(28)25-12-10-24(11-13-25)15-26-22(30)27(17-7-4-5-8-18(17)29-3)20(23-26)19-9-6-14-31-19/h4-9,14,16H,10-13,15H2,1-3H3. The lowest BCUT2D eigenvalue weighted by Gasteiger charge is -2.35. The number of carbonyl (C=O) groups excluding carboxylic acids is 1. The smallest absolute Gasteiger partial charge is 0.225 e. The molecule has 0 unspecified atom stereocenters. The predicted molar refractivity (Wildman–Crippen MR) is 125 cm³/mol. The van der Waals surface area contributed by atoms with Gasteiger partial charge in [0.2, 0.25) is 10.7 Å². The Bertz CT molecular complexity index is 1100. The first-order valence-corrected chi connectivity index (χ1v) is 11.7. The van der Waals surface area contributed by atoms with Gasteiger partial charge in [0.25, 0.3) is 0 Å². The third-order valence-corrected chi connectivity index (χ3v) is 6.68. The normalized spacial score (nSPS) is 14.9. The van der Waals surface area contributed by atoms with E-state index < -0.39 is 0 Å². The molecule has 3 aromatic rings. The van der Waals surface area contributed by atoms with Crippen molar-refractivity contribution in [1.82, 2.24) is 24.1 Å². The van der Waals surface area contributed by atoms with E-state index in [1.807, 2.05) is 69.8 Å². The summed E-state index contributed by atoms with van der Waals surface area (Å²) in [6.07, 6.45) is 0. The molecule has 7 nitrogen and oxygen atoms in total. The Labute approximate surface area is 191 Å². The highest BCUT2D eigenvalue weighted by molar-refractivity contribution is 7.71. The number of thiophene rings is 1. The Kier molecular flexibility index (Phi) is 6.54. The molecule has 2 aromatic heterocycles. The zero-order valence-corrected chi connectivity index (χ0v) is 19.7. The van der Waals surface area contributed by atoms with Crippen molar-refractivity contribution >= 4 is 29.5 Å². The number of aromatic nitrogens is 3. The van der Waals surface area contributed by atoms with E-state index in [4.69, 9.17) is 22.1 Å². The summed E-state index contributed by atoms with van der Waals surface area (Å²) in [7, 11) is 1.66. The number of amides is 1. The number of hydrogen-bond donors (Lipinski definition) is 0. The quantitative estimate of drug-likeness (QED) is 0.526. The summed E-state index contributed by atoms with van der Waals surface area (Å²) < 4.78 is 10.1. The molecule has 0 N–H and O–H groups in total. The molecule has 1 fully saturated rings. The van der Waals surface area contributed by atoms with Gasteiger partial charge >= 0.3 is 0 Å². The van der Waals surface area contributed by atoms with Gasteiger partial charge in [-0.25, -0.2) is 4.68 Å². The fraction of sp³-hybridized carbons (Fsp3) is 0.409. The summed E-state index contributed by atoms with van der Waals surface area (Å²) in [6.45, 7) is 7.55. The lowest BCUT2D eigenvalue weighted by Crippen LogP contribution is -2.50. The molecule has 0 aliphatic carbocycles. The number of nitrogens with zero attached hydrogens (tertiary/aromatic N) is 5. The highest BCUT2D eigenvalue weighted by Gasteiger charge is 2.24. The Balaban J connectivity index is 1.63. The van der Waals surface area contributed by atoms with Crippen LogP contribution in [0.5, 0.6) is 5.75 Å².